The minimum Gasteiger partial charge on any atom is -0.388 e. The van der Waals surface area contributed by atoms with Gasteiger partial charge in [-0.3, -0.25) is 9.59 Å². The lowest BCUT2D eigenvalue weighted by atomic mass is 10.2. The first-order valence-electron chi connectivity index (χ1n) is 6.42. The summed E-state index contributed by atoms with van der Waals surface area (Å²) in [5.74, 6) is -0.980. The highest BCUT2D eigenvalue weighted by atomic mass is 127. The van der Waals surface area contributed by atoms with E-state index in [4.69, 9.17) is 5.11 Å². The second-order valence-corrected chi connectivity index (χ2v) is 5.98. The maximum atomic E-state index is 14.0. The molecule has 1 aromatic carbocycles. The van der Waals surface area contributed by atoms with Crippen LogP contribution in [0.2, 0.25) is 0 Å². The van der Waals surface area contributed by atoms with Crippen molar-refractivity contribution in [2.45, 2.75) is 6.92 Å². The molecule has 0 aliphatic rings. The van der Waals surface area contributed by atoms with Gasteiger partial charge in [-0.1, -0.05) is 0 Å². The van der Waals surface area contributed by atoms with Crippen molar-refractivity contribution in [1.82, 2.24) is 4.57 Å². The number of aliphatic hydroxyl groups is 1. The number of ketones is 2. The second-order valence-electron chi connectivity index (χ2n) is 4.74. The Bertz CT molecular complexity index is 755. The largest absolute Gasteiger partial charge is 0.388 e. The summed E-state index contributed by atoms with van der Waals surface area (Å²) in [6.07, 6.45) is 0. The molecule has 0 radical (unpaired) electrons. The second kappa shape index (κ2) is 6.57. The molecule has 0 amide bonds. The number of hydrogen-bond acceptors (Lipinski definition) is 4. The SMILES string of the molecule is CC(=O)c1cc(C(=O)CO)c(Nc2ccc(I)cc2F)n1C. The highest BCUT2D eigenvalue weighted by molar-refractivity contribution is 14.1. The van der Waals surface area contributed by atoms with Crippen LogP contribution in [-0.4, -0.2) is 27.8 Å². The normalized spacial score (nSPS) is 10.6. The van der Waals surface area contributed by atoms with Gasteiger partial charge >= 0.3 is 0 Å². The fraction of sp³-hybridized carbons (Fsp3) is 0.200. The van der Waals surface area contributed by atoms with E-state index in [1.165, 1.54) is 23.6 Å². The van der Waals surface area contributed by atoms with Gasteiger partial charge in [0, 0.05) is 17.5 Å². The highest BCUT2D eigenvalue weighted by Crippen LogP contribution is 2.27. The standard InChI is InChI=1S/C15H14FIN2O3/c1-8(21)13-6-10(14(22)7-20)15(19(13)2)18-12-4-3-9(17)5-11(12)16/h3-6,18,20H,7H2,1-2H3. The van der Waals surface area contributed by atoms with E-state index in [0.717, 1.165) is 3.57 Å². The van der Waals surface area contributed by atoms with Crippen molar-refractivity contribution >= 4 is 45.7 Å². The zero-order valence-electron chi connectivity index (χ0n) is 12.0. The third-order valence-corrected chi connectivity index (χ3v) is 3.89. The van der Waals surface area contributed by atoms with E-state index in [1.807, 2.05) is 22.6 Å². The molecule has 0 aliphatic carbocycles. The highest BCUT2D eigenvalue weighted by Gasteiger charge is 2.21. The van der Waals surface area contributed by atoms with Crippen LogP contribution in [0.1, 0.15) is 27.8 Å². The first-order chi connectivity index (χ1) is 10.3. The maximum Gasteiger partial charge on any atom is 0.191 e. The van der Waals surface area contributed by atoms with Crippen molar-refractivity contribution in [2.24, 2.45) is 7.05 Å². The van der Waals surface area contributed by atoms with Crippen LogP contribution in [0, 0.1) is 9.39 Å². The molecule has 7 heteroatoms. The smallest absolute Gasteiger partial charge is 0.191 e. The van der Waals surface area contributed by atoms with Gasteiger partial charge in [-0.2, -0.15) is 0 Å². The average molecular weight is 416 g/mol. The Morgan fingerprint density at radius 3 is 2.59 bits per heavy atom. The molecule has 2 aromatic rings. The van der Waals surface area contributed by atoms with Crippen LogP contribution in [0.3, 0.4) is 0 Å². The predicted molar refractivity (Wildman–Crippen MR) is 89.2 cm³/mol. The topological polar surface area (TPSA) is 71.3 Å². The Labute approximate surface area is 140 Å². The number of Topliss-reactive ketones (excluding diaryl/α,β-unsaturated/α-hetero) is 2. The molecule has 0 atom stereocenters. The van der Waals surface area contributed by atoms with Crippen molar-refractivity contribution in [3.8, 4) is 0 Å². The summed E-state index contributed by atoms with van der Waals surface area (Å²) in [6.45, 7) is 0.684. The van der Waals surface area contributed by atoms with Gasteiger partial charge in [0.1, 0.15) is 18.2 Å². The molecule has 0 saturated carbocycles. The molecule has 5 nitrogen and oxygen atoms in total. The van der Waals surface area contributed by atoms with Gasteiger partial charge < -0.3 is 15.0 Å². The molecular formula is C15H14FIN2O3. The number of benzene rings is 1. The van der Waals surface area contributed by atoms with Crippen molar-refractivity contribution in [3.63, 3.8) is 0 Å². The molecular weight excluding hydrogens is 402 g/mol. The molecule has 1 heterocycles. The Kier molecular flexibility index (Phi) is 4.97. The molecule has 0 unspecified atom stereocenters. The van der Waals surface area contributed by atoms with E-state index in [2.05, 4.69) is 5.32 Å². The Balaban J connectivity index is 2.53. The molecule has 116 valence electrons. The number of carbonyl (C=O) groups excluding carboxylic acids is 2. The van der Waals surface area contributed by atoms with Crippen LogP contribution in [0.5, 0.6) is 0 Å². The molecule has 2 N–H and O–H groups in total. The van der Waals surface area contributed by atoms with Crippen LogP contribution in [0.25, 0.3) is 0 Å². The van der Waals surface area contributed by atoms with Crippen molar-refractivity contribution < 1.29 is 19.1 Å². The summed E-state index contributed by atoms with van der Waals surface area (Å²) >= 11 is 1.99. The zero-order valence-corrected chi connectivity index (χ0v) is 14.1. The van der Waals surface area contributed by atoms with E-state index in [9.17, 15) is 14.0 Å². The molecule has 2 rings (SSSR count). The number of nitrogens with zero attached hydrogens (tertiary/aromatic N) is 1. The number of aromatic nitrogens is 1. The van der Waals surface area contributed by atoms with E-state index in [-0.39, 0.29) is 22.9 Å². The van der Waals surface area contributed by atoms with Gasteiger partial charge in [0.05, 0.1) is 16.9 Å². The van der Waals surface area contributed by atoms with E-state index >= 15 is 0 Å². The van der Waals surface area contributed by atoms with Crippen LogP contribution >= 0.6 is 22.6 Å². The first kappa shape index (κ1) is 16.6. The number of rotatable bonds is 5. The third-order valence-electron chi connectivity index (χ3n) is 3.22. The number of aliphatic hydroxyl groups excluding tert-OH is 1. The molecule has 1 aromatic heterocycles. The molecule has 0 spiro atoms. The fourth-order valence-corrected chi connectivity index (χ4v) is 2.56. The van der Waals surface area contributed by atoms with Crippen molar-refractivity contribution in [1.29, 1.82) is 0 Å². The minimum absolute atomic E-state index is 0.146. The number of halogens is 2. The minimum atomic E-state index is -0.689. The molecule has 0 saturated heterocycles. The lowest BCUT2D eigenvalue weighted by Gasteiger charge is -2.12. The molecule has 0 aliphatic heterocycles. The summed E-state index contributed by atoms with van der Waals surface area (Å²) in [5, 5.41) is 11.9. The molecule has 22 heavy (non-hydrogen) atoms. The van der Waals surface area contributed by atoms with Gasteiger partial charge in [0.25, 0.3) is 0 Å². The average Bonchev–Trinajstić information content (AvgIpc) is 2.78. The first-order valence-corrected chi connectivity index (χ1v) is 7.49. The van der Waals surface area contributed by atoms with Gasteiger partial charge in [0.15, 0.2) is 11.6 Å². The van der Waals surface area contributed by atoms with Crippen LogP contribution in [0.4, 0.5) is 15.9 Å². The Morgan fingerprint density at radius 2 is 2.05 bits per heavy atom. The van der Waals surface area contributed by atoms with E-state index < -0.39 is 18.2 Å². The number of nitrogens with one attached hydrogen (secondary N) is 1. The third kappa shape index (κ3) is 3.20. The van der Waals surface area contributed by atoms with Crippen LogP contribution in [-0.2, 0) is 7.05 Å². The summed E-state index contributed by atoms with van der Waals surface area (Å²) in [4.78, 5) is 23.5. The predicted octanol–water partition coefficient (Wildman–Crippen LogP) is 2.89. The summed E-state index contributed by atoms with van der Waals surface area (Å²) in [5.41, 5.74) is 0.627. The van der Waals surface area contributed by atoms with Gasteiger partial charge in [-0.05, 0) is 46.9 Å². The summed E-state index contributed by atoms with van der Waals surface area (Å²) in [7, 11) is 1.60. The lowest BCUT2D eigenvalue weighted by Crippen LogP contribution is -2.09. The van der Waals surface area contributed by atoms with Crippen LogP contribution < -0.4 is 5.32 Å². The van der Waals surface area contributed by atoms with E-state index in [1.54, 1.807) is 19.2 Å². The monoisotopic (exact) mass is 416 g/mol. The quantitative estimate of drug-likeness (QED) is 0.581. The zero-order chi connectivity index (χ0) is 16.4. The van der Waals surface area contributed by atoms with Gasteiger partial charge in [0.2, 0.25) is 0 Å². The number of hydrogen-bond donors (Lipinski definition) is 2. The summed E-state index contributed by atoms with van der Waals surface area (Å²) in [6, 6.07) is 6.01. The molecule has 0 bridgehead atoms. The lowest BCUT2D eigenvalue weighted by molar-refractivity contribution is 0.0904. The summed E-state index contributed by atoms with van der Waals surface area (Å²) < 4.78 is 16.2. The number of anilines is 2. The van der Waals surface area contributed by atoms with Gasteiger partial charge in [-0.25, -0.2) is 4.39 Å². The van der Waals surface area contributed by atoms with Crippen LogP contribution in [0.15, 0.2) is 24.3 Å². The Hall–Kier alpha value is -1.74. The molecule has 0 fully saturated rings. The maximum absolute atomic E-state index is 14.0. The fourth-order valence-electron chi connectivity index (χ4n) is 2.11. The van der Waals surface area contributed by atoms with Gasteiger partial charge in [-0.15, -0.1) is 0 Å². The number of carbonyl (C=O) groups is 2. The Morgan fingerprint density at radius 1 is 1.36 bits per heavy atom. The van der Waals surface area contributed by atoms with Crippen molar-refractivity contribution in [3.05, 3.63) is 44.9 Å². The van der Waals surface area contributed by atoms with Crippen molar-refractivity contribution in [2.75, 3.05) is 11.9 Å². The van der Waals surface area contributed by atoms with E-state index in [0.29, 0.717) is 5.69 Å².